The third-order valence-corrected chi connectivity index (χ3v) is 7.69. The van der Waals surface area contributed by atoms with Gasteiger partial charge in [-0.1, -0.05) is 145 Å². The number of hydrogen-bond acceptors (Lipinski definition) is 2. The Bertz CT molecular complexity index is 4540. The minimum Gasteiger partial charge on any atom is -0.455 e. The molecular formula is C50H33NO. The predicted molar refractivity (Wildman–Crippen MR) is 220 cm³/mol. The zero-order valence-electron chi connectivity index (χ0n) is 58.9. The molecule has 0 saturated heterocycles. The van der Waals surface area contributed by atoms with Crippen molar-refractivity contribution in [3.05, 3.63) is 199 Å². The van der Waals surface area contributed by atoms with Gasteiger partial charge in [-0.25, -0.2) is 0 Å². The molecule has 2 heteroatoms. The third-order valence-electron chi connectivity index (χ3n) is 7.69. The average Bonchev–Trinajstić information content (AvgIpc) is 2.06. The number of anilines is 3. The van der Waals surface area contributed by atoms with Gasteiger partial charge in [0.2, 0.25) is 0 Å². The molecule has 0 aliphatic heterocycles. The maximum absolute atomic E-state index is 9.83. The van der Waals surface area contributed by atoms with E-state index in [0.717, 1.165) is 0 Å². The molecule has 10 aromatic rings. The van der Waals surface area contributed by atoms with Gasteiger partial charge in [-0.3, -0.25) is 0 Å². The summed E-state index contributed by atoms with van der Waals surface area (Å²) in [4.78, 5) is 0.306. The van der Waals surface area contributed by atoms with Crippen molar-refractivity contribution in [1.82, 2.24) is 0 Å². The molecule has 0 N–H and O–H groups in total. The lowest BCUT2D eigenvalue weighted by Gasteiger charge is -2.26. The van der Waals surface area contributed by atoms with E-state index in [1.165, 1.54) is 0 Å². The van der Waals surface area contributed by atoms with Crippen LogP contribution in [-0.2, 0) is 0 Å². The summed E-state index contributed by atoms with van der Waals surface area (Å²) < 4.78 is 301. The Labute approximate surface area is 348 Å². The van der Waals surface area contributed by atoms with Crippen molar-refractivity contribution >= 4 is 60.5 Å². The van der Waals surface area contributed by atoms with Crippen molar-refractivity contribution < 1.29 is 49.7 Å². The number of rotatable bonds is 6. The molecule has 2 nitrogen and oxygen atoms in total. The van der Waals surface area contributed by atoms with Crippen LogP contribution in [0.3, 0.4) is 0 Å². The molecule has 0 bridgehead atoms. The zero-order chi connectivity index (χ0) is 63.2. The number of para-hydroxylation sites is 1. The Balaban J connectivity index is 1.38. The van der Waals surface area contributed by atoms with Crippen LogP contribution in [0.2, 0.25) is 0 Å². The van der Waals surface area contributed by atoms with Crippen LogP contribution >= 0.6 is 0 Å². The summed E-state index contributed by atoms with van der Waals surface area (Å²) in [6.45, 7) is 0. The molecule has 0 atom stereocenters. The van der Waals surface area contributed by atoms with E-state index in [9.17, 15) is 15.1 Å². The van der Waals surface area contributed by atoms with Crippen LogP contribution in [0.15, 0.2) is 204 Å². The summed E-state index contributed by atoms with van der Waals surface area (Å²) in [5.74, 6) is 0. The Kier molecular flexibility index (Phi) is 2.77. The van der Waals surface area contributed by atoms with Gasteiger partial charge in [-0.15, -0.1) is 0 Å². The van der Waals surface area contributed by atoms with E-state index in [2.05, 4.69) is 0 Å². The lowest BCUT2D eigenvalue weighted by atomic mass is 10.00. The van der Waals surface area contributed by atoms with Gasteiger partial charge in [-0.2, -0.15) is 0 Å². The standard InChI is InChI=1S/C50H33NO/c1-2-11-38(12-3-1)46-15-8-16-48-47-30-29-45(33-49(47)52-50(46)48)51(43-25-21-36(22-26-43)41-19-17-34-9-4-6-13-39(34)31-41)44-27-23-37(24-28-44)42-20-18-35-10-5-7-14-40(35)32-42/h1-33H/i1D,2D,3D,4D,5D,6D,7D,8D,9D,10D,11D,12D,13D,14D,15D,16D,17D,18D,19D,20D,21D,22D,23D,24D,25D,26D,27D,28D,29D,30D,31D,32D,33D. The van der Waals surface area contributed by atoms with Crippen LogP contribution in [0.25, 0.3) is 76.9 Å². The molecule has 0 radical (unpaired) electrons. The van der Waals surface area contributed by atoms with Crippen molar-refractivity contribution in [1.29, 1.82) is 0 Å². The first kappa shape index (κ1) is 11.6. The normalized spacial score (nSPS) is 20.3. The lowest BCUT2D eigenvalue weighted by Crippen LogP contribution is -2.09. The summed E-state index contributed by atoms with van der Waals surface area (Å²) in [7, 11) is 0. The van der Waals surface area contributed by atoms with E-state index in [4.69, 9.17) is 34.6 Å². The topological polar surface area (TPSA) is 16.4 Å². The van der Waals surface area contributed by atoms with Gasteiger partial charge in [0.25, 0.3) is 0 Å². The summed E-state index contributed by atoms with van der Waals surface area (Å²) in [6.07, 6.45) is 0. The molecule has 52 heavy (non-hydrogen) atoms. The van der Waals surface area contributed by atoms with Crippen molar-refractivity contribution in [3.8, 4) is 33.4 Å². The van der Waals surface area contributed by atoms with Gasteiger partial charge in [0.15, 0.2) is 0 Å². The minimum absolute atomic E-state index is 0.306. The van der Waals surface area contributed by atoms with Crippen LogP contribution in [0, 0.1) is 0 Å². The SMILES string of the molecule is [2H]c1c([2H])c([2H])c(-c2c([2H])c([2H])c([2H])c3c2oc2c([2H])c(N(c4c([2H])c([2H])c(-c5c([2H])c([2H])c6c([2H])c([2H])c([2H])c([2H])c6c5[2H])c([2H])c4[2H])c4c([2H])c([2H])c(-c5c([2H])c([2H])c6c([2H])c([2H])c([2H])c([2H])c6c5[2H])c([2H])c4[2H])c([2H])c([2H])c23)c([2H])c1[2H]. The van der Waals surface area contributed by atoms with Crippen LogP contribution in [0.5, 0.6) is 0 Å². The summed E-state index contributed by atoms with van der Waals surface area (Å²) >= 11 is 0. The second-order valence-corrected chi connectivity index (χ2v) is 10.8. The second-order valence-electron chi connectivity index (χ2n) is 10.8. The molecule has 0 spiro atoms. The number of fused-ring (bicyclic) bond motifs is 5. The van der Waals surface area contributed by atoms with Gasteiger partial charge in [0, 0.05) is 39.4 Å². The molecule has 0 amide bonds. The fraction of sp³-hybridized carbons (Fsp3) is 0. The molecule has 10 rings (SSSR count). The zero-order valence-corrected chi connectivity index (χ0v) is 25.9. The van der Waals surface area contributed by atoms with Crippen LogP contribution in [0.4, 0.5) is 17.1 Å². The first-order valence-corrected chi connectivity index (χ1v) is 15.1. The molecule has 0 aliphatic carbocycles. The fourth-order valence-corrected chi connectivity index (χ4v) is 5.30. The molecule has 0 fully saturated rings. The summed E-state index contributed by atoms with van der Waals surface area (Å²) in [5.41, 5.74) is -10.3. The molecular weight excluding hydrogens is 631 g/mol. The van der Waals surface area contributed by atoms with Crippen molar-refractivity contribution in [2.45, 2.75) is 0 Å². The molecule has 9 aromatic carbocycles. The highest BCUT2D eigenvalue weighted by Gasteiger charge is 2.18. The van der Waals surface area contributed by atoms with Crippen molar-refractivity contribution in [2.24, 2.45) is 0 Å². The number of hydrogen-bond donors (Lipinski definition) is 0. The van der Waals surface area contributed by atoms with Crippen LogP contribution in [0.1, 0.15) is 45.2 Å². The highest BCUT2D eigenvalue weighted by molar-refractivity contribution is 6.10. The first-order chi connectivity index (χ1) is 39.5. The van der Waals surface area contributed by atoms with Gasteiger partial charge in [-0.05, 0) is 97.7 Å². The monoisotopic (exact) mass is 696 g/mol. The van der Waals surface area contributed by atoms with Gasteiger partial charge in [0.05, 0.1) is 45.2 Å². The Hall–Kier alpha value is -6.90. The predicted octanol–water partition coefficient (Wildman–Crippen LogP) is 14.4. The number of furan rings is 1. The van der Waals surface area contributed by atoms with E-state index in [-0.39, 0.29) is 0 Å². The fourth-order valence-electron chi connectivity index (χ4n) is 5.30. The molecule has 0 saturated carbocycles. The molecule has 1 aromatic heterocycles. The second kappa shape index (κ2) is 12.5. The minimum atomic E-state index is -1.31. The third kappa shape index (κ3) is 5.30. The molecule has 244 valence electrons. The quantitative estimate of drug-likeness (QED) is 0.172. The highest BCUT2D eigenvalue weighted by Crippen LogP contribution is 2.41. The highest BCUT2D eigenvalue weighted by atomic mass is 16.3. The largest absolute Gasteiger partial charge is 0.455 e. The van der Waals surface area contributed by atoms with Crippen molar-refractivity contribution in [2.75, 3.05) is 4.90 Å². The summed E-state index contributed by atoms with van der Waals surface area (Å²) in [6, 6.07) is -33.7. The Morgan fingerprint density at radius 1 is 0.346 bits per heavy atom. The number of benzene rings is 9. The van der Waals surface area contributed by atoms with E-state index < -0.39 is 293 Å². The molecule has 0 aliphatic rings. The first-order valence-electron chi connectivity index (χ1n) is 31.6. The van der Waals surface area contributed by atoms with Gasteiger partial charge < -0.3 is 9.32 Å². The Morgan fingerprint density at radius 3 is 1.46 bits per heavy atom. The maximum Gasteiger partial charge on any atom is 0.143 e. The lowest BCUT2D eigenvalue weighted by molar-refractivity contribution is 0.670. The number of nitrogens with zero attached hydrogens (tertiary/aromatic N) is 1. The van der Waals surface area contributed by atoms with Crippen LogP contribution < -0.4 is 4.90 Å². The smallest absolute Gasteiger partial charge is 0.143 e. The van der Waals surface area contributed by atoms with Gasteiger partial charge >= 0.3 is 0 Å². The molecule has 1 heterocycles. The molecule has 0 unspecified atom stereocenters. The summed E-state index contributed by atoms with van der Waals surface area (Å²) in [5, 5.41) is -3.84. The van der Waals surface area contributed by atoms with E-state index >= 15 is 0 Å². The maximum atomic E-state index is 9.83. The van der Waals surface area contributed by atoms with Crippen molar-refractivity contribution in [3.63, 3.8) is 0 Å². The van der Waals surface area contributed by atoms with Gasteiger partial charge in [0.1, 0.15) is 11.2 Å². The van der Waals surface area contributed by atoms with Crippen LogP contribution in [-0.4, -0.2) is 0 Å². The van der Waals surface area contributed by atoms with E-state index in [1.54, 1.807) is 0 Å². The Morgan fingerprint density at radius 2 is 0.865 bits per heavy atom. The van der Waals surface area contributed by atoms with E-state index in [1.807, 2.05) is 0 Å². The average molecular weight is 697 g/mol. The van der Waals surface area contributed by atoms with E-state index in [0.29, 0.717) is 4.90 Å².